The van der Waals surface area contributed by atoms with Crippen molar-refractivity contribution >= 4 is 5.91 Å². The highest BCUT2D eigenvalue weighted by atomic mass is 16.2. The second-order valence-electron chi connectivity index (χ2n) is 4.67. The van der Waals surface area contributed by atoms with Crippen LogP contribution in [0.5, 0.6) is 0 Å². The van der Waals surface area contributed by atoms with Gasteiger partial charge in [0.1, 0.15) is 0 Å². The maximum absolute atomic E-state index is 11.5. The van der Waals surface area contributed by atoms with Crippen molar-refractivity contribution < 1.29 is 4.79 Å². The SMILES string of the molecule is CC(=O)N1Cc2ccccc2C2CC1C2. The molecular weight excluding hydrogens is 186 g/mol. The Bertz CT molecular complexity index is 407. The first-order valence-corrected chi connectivity index (χ1v) is 5.60. The Hall–Kier alpha value is -1.31. The summed E-state index contributed by atoms with van der Waals surface area (Å²) in [6, 6.07) is 9.06. The van der Waals surface area contributed by atoms with Crippen molar-refractivity contribution in [3.63, 3.8) is 0 Å². The number of fused-ring (bicyclic) bond motifs is 1. The van der Waals surface area contributed by atoms with Crippen LogP contribution < -0.4 is 0 Å². The normalized spacial score (nSPS) is 27.7. The highest BCUT2D eigenvalue weighted by Gasteiger charge is 2.39. The lowest BCUT2D eigenvalue weighted by molar-refractivity contribution is -0.133. The zero-order chi connectivity index (χ0) is 10.4. The lowest BCUT2D eigenvalue weighted by Crippen LogP contribution is -2.43. The fourth-order valence-corrected chi connectivity index (χ4v) is 2.85. The van der Waals surface area contributed by atoms with Crippen LogP contribution in [0.1, 0.15) is 36.8 Å². The van der Waals surface area contributed by atoms with Crippen LogP contribution in [0.2, 0.25) is 0 Å². The van der Waals surface area contributed by atoms with Crippen molar-refractivity contribution in [1.82, 2.24) is 4.90 Å². The number of hydrogen-bond donors (Lipinski definition) is 0. The lowest BCUT2D eigenvalue weighted by Gasteiger charge is -2.39. The quantitative estimate of drug-likeness (QED) is 0.630. The van der Waals surface area contributed by atoms with Crippen LogP contribution in [-0.4, -0.2) is 16.8 Å². The molecule has 0 unspecified atom stereocenters. The predicted octanol–water partition coefficient (Wildman–Crippen LogP) is 2.29. The second kappa shape index (κ2) is 3.09. The molecule has 78 valence electrons. The minimum absolute atomic E-state index is 0.218. The van der Waals surface area contributed by atoms with Crippen molar-refractivity contribution in [3.05, 3.63) is 35.4 Å². The van der Waals surface area contributed by atoms with Gasteiger partial charge in [0.05, 0.1) is 0 Å². The Morgan fingerprint density at radius 2 is 2.07 bits per heavy atom. The first-order valence-electron chi connectivity index (χ1n) is 5.60. The van der Waals surface area contributed by atoms with E-state index in [1.54, 1.807) is 6.92 Å². The number of nitrogens with zero attached hydrogens (tertiary/aromatic N) is 1. The zero-order valence-corrected chi connectivity index (χ0v) is 8.94. The van der Waals surface area contributed by atoms with Crippen molar-refractivity contribution in [3.8, 4) is 0 Å². The van der Waals surface area contributed by atoms with Gasteiger partial charge in [-0.15, -0.1) is 0 Å². The van der Waals surface area contributed by atoms with E-state index in [2.05, 4.69) is 24.3 Å². The summed E-state index contributed by atoms with van der Waals surface area (Å²) in [5.74, 6) is 0.922. The summed E-state index contributed by atoms with van der Waals surface area (Å²) in [5, 5.41) is 0. The summed E-state index contributed by atoms with van der Waals surface area (Å²) < 4.78 is 0. The molecule has 1 fully saturated rings. The van der Waals surface area contributed by atoms with Gasteiger partial charge in [-0.3, -0.25) is 4.79 Å². The fourth-order valence-electron chi connectivity index (χ4n) is 2.85. The molecule has 0 N–H and O–H groups in total. The monoisotopic (exact) mass is 201 g/mol. The third-order valence-electron chi connectivity index (χ3n) is 3.79. The molecule has 4 rings (SSSR count). The smallest absolute Gasteiger partial charge is 0.219 e. The van der Waals surface area contributed by atoms with Gasteiger partial charge in [0.25, 0.3) is 0 Å². The first-order chi connectivity index (χ1) is 7.25. The molecule has 2 aliphatic heterocycles. The molecule has 2 heterocycles. The molecule has 1 aromatic rings. The van der Waals surface area contributed by atoms with Gasteiger partial charge >= 0.3 is 0 Å². The van der Waals surface area contributed by atoms with Crippen molar-refractivity contribution in [2.24, 2.45) is 0 Å². The molecule has 1 aliphatic carbocycles. The number of carbonyl (C=O) groups excluding carboxylic acids is 1. The molecule has 1 saturated carbocycles. The van der Waals surface area contributed by atoms with Crippen LogP contribution in [0.4, 0.5) is 0 Å². The Morgan fingerprint density at radius 1 is 1.33 bits per heavy atom. The van der Waals surface area contributed by atoms with E-state index >= 15 is 0 Å². The van der Waals surface area contributed by atoms with Crippen LogP contribution in [0.25, 0.3) is 0 Å². The summed E-state index contributed by atoms with van der Waals surface area (Å²) in [4.78, 5) is 13.6. The van der Waals surface area contributed by atoms with Gasteiger partial charge < -0.3 is 4.90 Å². The zero-order valence-electron chi connectivity index (χ0n) is 8.94. The third kappa shape index (κ3) is 1.28. The minimum atomic E-state index is 0.218. The van der Waals surface area contributed by atoms with E-state index in [9.17, 15) is 4.79 Å². The van der Waals surface area contributed by atoms with E-state index in [1.165, 1.54) is 11.1 Å². The summed E-state index contributed by atoms with van der Waals surface area (Å²) in [7, 11) is 0. The molecule has 3 aliphatic rings. The molecule has 0 aromatic heterocycles. The van der Waals surface area contributed by atoms with E-state index in [0.717, 1.165) is 19.4 Å². The number of hydrogen-bond acceptors (Lipinski definition) is 1. The Morgan fingerprint density at radius 3 is 2.80 bits per heavy atom. The second-order valence-corrected chi connectivity index (χ2v) is 4.67. The average molecular weight is 201 g/mol. The molecule has 0 spiro atoms. The van der Waals surface area contributed by atoms with Crippen molar-refractivity contribution in [1.29, 1.82) is 0 Å². The lowest BCUT2D eigenvalue weighted by atomic mass is 9.76. The number of amides is 1. The van der Waals surface area contributed by atoms with Gasteiger partial charge in [0, 0.05) is 19.5 Å². The molecule has 2 bridgehead atoms. The van der Waals surface area contributed by atoms with Gasteiger partial charge in [-0.25, -0.2) is 0 Å². The van der Waals surface area contributed by atoms with E-state index in [-0.39, 0.29) is 5.91 Å². The molecule has 0 saturated heterocycles. The molecule has 1 aromatic carbocycles. The van der Waals surface area contributed by atoms with Gasteiger partial charge in [-0.05, 0) is 29.9 Å². The summed E-state index contributed by atoms with van der Waals surface area (Å²) in [6.07, 6.45) is 2.33. The van der Waals surface area contributed by atoms with E-state index < -0.39 is 0 Å². The Kier molecular flexibility index (Phi) is 1.84. The standard InChI is InChI=1S/C13H15NO/c1-9(15)14-8-10-4-2-3-5-13(10)11-6-12(14)7-11/h2-5,11-12H,6-8H2,1H3. The van der Waals surface area contributed by atoms with Crippen molar-refractivity contribution in [2.75, 3.05) is 0 Å². The van der Waals surface area contributed by atoms with Crippen LogP contribution in [0.3, 0.4) is 0 Å². The molecule has 2 heteroatoms. The van der Waals surface area contributed by atoms with Crippen LogP contribution in [-0.2, 0) is 11.3 Å². The van der Waals surface area contributed by atoms with E-state index in [0.29, 0.717) is 12.0 Å². The van der Waals surface area contributed by atoms with E-state index in [4.69, 9.17) is 0 Å². The molecule has 15 heavy (non-hydrogen) atoms. The fraction of sp³-hybridized carbons (Fsp3) is 0.462. The third-order valence-corrected chi connectivity index (χ3v) is 3.79. The number of benzene rings is 1. The van der Waals surface area contributed by atoms with E-state index in [1.807, 2.05) is 4.90 Å². The van der Waals surface area contributed by atoms with Crippen LogP contribution in [0, 0.1) is 0 Å². The maximum atomic E-state index is 11.5. The van der Waals surface area contributed by atoms with Gasteiger partial charge in [0.2, 0.25) is 5.91 Å². The van der Waals surface area contributed by atoms with Crippen molar-refractivity contribution in [2.45, 2.75) is 38.3 Å². The first kappa shape index (κ1) is 8.96. The van der Waals surface area contributed by atoms with Crippen LogP contribution in [0.15, 0.2) is 24.3 Å². The average Bonchev–Trinajstić information content (AvgIpc) is 2.40. The van der Waals surface area contributed by atoms with Gasteiger partial charge in [0.15, 0.2) is 0 Å². The number of rotatable bonds is 0. The molecular formula is C13H15NO. The van der Waals surface area contributed by atoms with Crippen LogP contribution >= 0.6 is 0 Å². The Labute approximate surface area is 89.9 Å². The minimum Gasteiger partial charge on any atom is -0.336 e. The van der Waals surface area contributed by atoms with Gasteiger partial charge in [-0.1, -0.05) is 24.3 Å². The summed E-state index contributed by atoms with van der Waals surface area (Å²) in [6.45, 7) is 2.49. The molecule has 1 amide bonds. The molecule has 0 radical (unpaired) electrons. The summed E-state index contributed by atoms with van der Waals surface area (Å²) >= 11 is 0. The number of carbonyl (C=O) groups is 1. The summed E-state index contributed by atoms with van der Waals surface area (Å²) in [5.41, 5.74) is 2.82. The highest BCUT2D eigenvalue weighted by Crippen LogP contribution is 2.44. The molecule has 2 nitrogen and oxygen atoms in total. The maximum Gasteiger partial charge on any atom is 0.219 e. The Balaban J connectivity index is 2.02. The highest BCUT2D eigenvalue weighted by molar-refractivity contribution is 5.74. The predicted molar refractivity (Wildman–Crippen MR) is 58.4 cm³/mol. The molecule has 0 atom stereocenters. The topological polar surface area (TPSA) is 20.3 Å². The van der Waals surface area contributed by atoms with Gasteiger partial charge in [-0.2, -0.15) is 0 Å². The largest absolute Gasteiger partial charge is 0.336 e.